The van der Waals surface area contributed by atoms with E-state index in [0.717, 1.165) is 5.56 Å². The monoisotopic (exact) mass is 301 g/mol. The highest BCUT2D eigenvalue weighted by molar-refractivity contribution is 5.89. The lowest BCUT2D eigenvalue weighted by atomic mass is 9.80. The molecule has 3 heteroatoms. The highest BCUT2D eigenvalue weighted by atomic mass is 16.5. The molecule has 0 spiro atoms. The van der Waals surface area contributed by atoms with Crippen LogP contribution in [-0.2, 0) is 4.74 Å². The molecule has 0 N–H and O–H groups in total. The molecule has 1 heterocycles. The van der Waals surface area contributed by atoms with Gasteiger partial charge in [-0.3, -0.25) is 0 Å². The molecule has 0 radical (unpaired) electrons. The summed E-state index contributed by atoms with van der Waals surface area (Å²) >= 11 is 0. The zero-order chi connectivity index (χ0) is 15.4. The number of carbonyl (C=O) groups is 1. The molecule has 0 amide bonds. The smallest absolute Gasteiger partial charge is 0.356 e. The first-order chi connectivity index (χ1) is 10.8. The minimum absolute atomic E-state index is 0.282. The van der Waals surface area contributed by atoms with Crippen molar-refractivity contribution < 1.29 is 9.53 Å². The summed E-state index contributed by atoms with van der Waals surface area (Å²) in [6.45, 7) is 0. The van der Waals surface area contributed by atoms with Crippen molar-refractivity contribution in [1.29, 1.82) is 0 Å². The first-order valence-electron chi connectivity index (χ1n) is 8.87. The first-order valence-corrected chi connectivity index (χ1v) is 8.87. The molecule has 0 bridgehead atoms. The van der Waals surface area contributed by atoms with Crippen LogP contribution >= 0.6 is 0 Å². The van der Waals surface area contributed by atoms with Gasteiger partial charge in [-0.1, -0.05) is 44.6 Å². The van der Waals surface area contributed by atoms with E-state index < -0.39 is 0 Å². The topological polar surface area (TPSA) is 39.2 Å². The summed E-state index contributed by atoms with van der Waals surface area (Å²) in [5.41, 5.74) is 3.04. The van der Waals surface area contributed by atoms with Gasteiger partial charge in [0.15, 0.2) is 5.69 Å². The number of methoxy groups -OCH3 is 1. The van der Waals surface area contributed by atoms with Crippen LogP contribution in [0.1, 0.15) is 97.7 Å². The second-order valence-electron chi connectivity index (χ2n) is 6.87. The third-order valence-electron chi connectivity index (χ3n) is 5.44. The summed E-state index contributed by atoms with van der Waals surface area (Å²) in [6, 6.07) is 2.28. The van der Waals surface area contributed by atoms with Crippen LogP contribution < -0.4 is 0 Å². The summed E-state index contributed by atoms with van der Waals surface area (Å²) in [6.07, 6.45) is 14.7. The Bertz CT molecular complexity index is 514. The molecule has 2 aliphatic carbocycles. The second kappa shape index (κ2) is 7.26. The van der Waals surface area contributed by atoms with Gasteiger partial charge < -0.3 is 4.74 Å². The Balaban J connectivity index is 1.92. The standard InChI is InChI=1S/C19H27NO2/c1-22-19(21)18-17(15-10-6-3-7-11-15)12-16(13-20-18)14-8-4-2-5-9-14/h12-15H,2-11H2,1H3. The fraction of sp³-hybridized carbons (Fsp3) is 0.684. The number of hydrogen-bond donors (Lipinski definition) is 0. The molecular formula is C19H27NO2. The zero-order valence-electron chi connectivity index (χ0n) is 13.6. The van der Waals surface area contributed by atoms with Gasteiger partial charge in [-0.05, 0) is 48.6 Å². The van der Waals surface area contributed by atoms with Crippen LogP contribution in [0, 0.1) is 0 Å². The molecule has 0 unspecified atom stereocenters. The molecule has 1 aromatic heterocycles. The summed E-state index contributed by atoms with van der Waals surface area (Å²) in [5, 5.41) is 0. The maximum atomic E-state index is 12.1. The zero-order valence-corrected chi connectivity index (χ0v) is 13.6. The number of carbonyl (C=O) groups excluding carboxylic acids is 1. The van der Waals surface area contributed by atoms with E-state index in [0.29, 0.717) is 17.5 Å². The van der Waals surface area contributed by atoms with E-state index >= 15 is 0 Å². The predicted molar refractivity (Wildman–Crippen MR) is 87.2 cm³/mol. The van der Waals surface area contributed by atoms with Gasteiger partial charge in [-0.25, -0.2) is 9.78 Å². The van der Waals surface area contributed by atoms with Crippen molar-refractivity contribution in [1.82, 2.24) is 4.98 Å². The number of pyridine rings is 1. The van der Waals surface area contributed by atoms with E-state index in [1.54, 1.807) is 0 Å². The third-order valence-corrected chi connectivity index (χ3v) is 5.44. The van der Waals surface area contributed by atoms with Crippen LogP contribution in [0.2, 0.25) is 0 Å². The van der Waals surface area contributed by atoms with Crippen molar-refractivity contribution >= 4 is 5.97 Å². The fourth-order valence-electron chi connectivity index (χ4n) is 4.15. The number of hydrogen-bond acceptors (Lipinski definition) is 3. The van der Waals surface area contributed by atoms with Crippen molar-refractivity contribution in [2.24, 2.45) is 0 Å². The Morgan fingerprint density at radius 3 is 2.18 bits per heavy atom. The van der Waals surface area contributed by atoms with Gasteiger partial charge in [0.1, 0.15) is 0 Å². The van der Waals surface area contributed by atoms with E-state index in [2.05, 4.69) is 11.1 Å². The van der Waals surface area contributed by atoms with Gasteiger partial charge >= 0.3 is 5.97 Å². The van der Waals surface area contributed by atoms with E-state index in [-0.39, 0.29) is 5.97 Å². The number of aromatic nitrogens is 1. The van der Waals surface area contributed by atoms with Gasteiger partial charge in [0, 0.05) is 6.20 Å². The second-order valence-corrected chi connectivity index (χ2v) is 6.87. The Labute approximate surface area is 133 Å². The van der Waals surface area contributed by atoms with Crippen molar-refractivity contribution in [3.63, 3.8) is 0 Å². The molecule has 3 nitrogen and oxygen atoms in total. The maximum Gasteiger partial charge on any atom is 0.356 e. The van der Waals surface area contributed by atoms with Gasteiger partial charge in [0.25, 0.3) is 0 Å². The average molecular weight is 301 g/mol. The summed E-state index contributed by atoms with van der Waals surface area (Å²) in [4.78, 5) is 16.6. The Kier molecular flexibility index (Phi) is 5.12. The van der Waals surface area contributed by atoms with E-state index in [4.69, 9.17) is 4.74 Å². The molecule has 2 fully saturated rings. The van der Waals surface area contributed by atoms with Gasteiger partial charge in [0.05, 0.1) is 7.11 Å². The SMILES string of the molecule is COC(=O)c1ncc(C2CCCCC2)cc1C1CCCCC1. The fourth-order valence-corrected chi connectivity index (χ4v) is 4.15. The number of nitrogens with zero attached hydrogens (tertiary/aromatic N) is 1. The van der Waals surface area contributed by atoms with Crippen molar-refractivity contribution in [2.75, 3.05) is 7.11 Å². The lowest BCUT2D eigenvalue weighted by Gasteiger charge is -2.26. The van der Waals surface area contributed by atoms with Crippen LogP contribution in [-0.4, -0.2) is 18.1 Å². The predicted octanol–water partition coefficient (Wildman–Crippen LogP) is 4.96. The molecule has 2 saturated carbocycles. The summed E-state index contributed by atoms with van der Waals surface area (Å²) < 4.78 is 4.95. The molecule has 1 aromatic rings. The van der Waals surface area contributed by atoms with Gasteiger partial charge in [-0.15, -0.1) is 0 Å². The molecule has 0 atom stereocenters. The van der Waals surface area contributed by atoms with E-state index in [1.165, 1.54) is 76.9 Å². The Hall–Kier alpha value is -1.38. The number of rotatable bonds is 3. The summed E-state index contributed by atoms with van der Waals surface area (Å²) in [7, 11) is 1.45. The Morgan fingerprint density at radius 2 is 1.59 bits per heavy atom. The molecule has 22 heavy (non-hydrogen) atoms. The van der Waals surface area contributed by atoms with Crippen molar-refractivity contribution in [3.8, 4) is 0 Å². The minimum atomic E-state index is -0.282. The van der Waals surface area contributed by atoms with Crippen LogP contribution in [0.4, 0.5) is 0 Å². The highest BCUT2D eigenvalue weighted by Crippen LogP contribution is 2.38. The lowest BCUT2D eigenvalue weighted by molar-refractivity contribution is 0.0591. The first kappa shape index (κ1) is 15.5. The largest absolute Gasteiger partial charge is 0.464 e. The molecular weight excluding hydrogens is 274 g/mol. The average Bonchev–Trinajstić information content (AvgIpc) is 2.62. The quantitative estimate of drug-likeness (QED) is 0.740. The lowest BCUT2D eigenvalue weighted by Crippen LogP contribution is -2.16. The van der Waals surface area contributed by atoms with Crippen molar-refractivity contribution in [2.45, 2.75) is 76.0 Å². The van der Waals surface area contributed by atoms with Gasteiger partial charge in [0.2, 0.25) is 0 Å². The van der Waals surface area contributed by atoms with E-state index in [9.17, 15) is 4.79 Å². The molecule has 0 saturated heterocycles. The summed E-state index contributed by atoms with van der Waals surface area (Å²) in [5.74, 6) is 0.838. The molecule has 0 aliphatic heterocycles. The van der Waals surface area contributed by atoms with Gasteiger partial charge in [-0.2, -0.15) is 0 Å². The number of esters is 1. The minimum Gasteiger partial charge on any atom is -0.464 e. The molecule has 2 aliphatic rings. The maximum absolute atomic E-state index is 12.1. The van der Waals surface area contributed by atoms with Crippen LogP contribution in [0.3, 0.4) is 0 Å². The van der Waals surface area contributed by atoms with E-state index in [1.807, 2.05) is 6.20 Å². The Morgan fingerprint density at radius 1 is 1.00 bits per heavy atom. The highest BCUT2D eigenvalue weighted by Gasteiger charge is 2.25. The third kappa shape index (κ3) is 3.34. The van der Waals surface area contributed by atoms with Crippen LogP contribution in [0.25, 0.3) is 0 Å². The molecule has 120 valence electrons. The molecule has 3 rings (SSSR count). The van der Waals surface area contributed by atoms with Crippen LogP contribution in [0.5, 0.6) is 0 Å². The van der Waals surface area contributed by atoms with Crippen LogP contribution in [0.15, 0.2) is 12.3 Å². The number of ether oxygens (including phenoxy) is 1. The normalized spacial score (nSPS) is 20.8. The molecule has 0 aromatic carbocycles. The van der Waals surface area contributed by atoms with Crippen molar-refractivity contribution in [3.05, 3.63) is 29.1 Å².